The van der Waals surface area contributed by atoms with Crippen molar-refractivity contribution in [3.05, 3.63) is 28.8 Å². The molecule has 1 aromatic rings. The van der Waals surface area contributed by atoms with Crippen LogP contribution in [0.1, 0.15) is 5.56 Å². The van der Waals surface area contributed by atoms with Crippen LogP contribution in [-0.2, 0) is 5.75 Å². The first-order valence-electron chi connectivity index (χ1n) is 3.48. The third-order valence-electron chi connectivity index (χ3n) is 1.67. The quantitative estimate of drug-likeness (QED) is 0.696. The van der Waals surface area contributed by atoms with Crippen LogP contribution in [0.3, 0.4) is 0 Å². The number of carbonyl (C=O) groups excluding carboxylic acids is 1. The maximum absolute atomic E-state index is 10.9. The molecule has 1 N–H and O–H groups in total. The Morgan fingerprint density at radius 1 is 1.50 bits per heavy atom. The van der Waals surface area contributed by atoms with Crippen molar-refractivity contribution in [2.24, 2.45) is 0 Å². The molecule has 62 valence electrons. The lowest BCUT2D eigenvalue weighted by Crippen LogP contribution is -2.12. The number of thioether (sulfide) groups is 1. The molecule has 4 heteroatoms. The summed E-state index contributed by atoms with van der Waals surface area (Å²) >= 11 is 7.04. The van der Waals surface area contributed by atoms with Crippen molar-refractivity contribution in [2.75, 3.05) is 5.32 Å². The molecule has 0 bridgehead atoms. The fraction of sp³-hybridized carbons (Fsp3) is 0.125. The molecule has 0 aliphatic carbocycles. The summed E-state index contributed by atoms with van der Waals surface area (Å²) in [7, 11) is 0. The third kappa shape index (κ3) is 1.42. The standard InChI is InChI=1S/C8H6ClNOS/c9-6-2-1-5-4-12-8(11)10-7(5)3-6/h1-3H,4H2,(H,10,11). The van der Waals surface area contributed by atoms with E-state index in [2.05, 4.69) is 5.32 Å². The summed E-state index contributed by atoms with van der Waals surface area (Å²) in [6.07, 6.45) is 0. The summed E-state index contributed by atoms with van der Waals surface area (Å²) < 4.78 is 0. The van der Waals surface area contributed by atoms with Crippen LogP contribution in [0.15, 0.2) is 18.2 Å². The lowest BCUT2D eigenvalue weighted by atomic mass is 10.2. The Hall–Kier alpha value is -0.670. The minimum absolute atomic E-state index is 0.00948. The molecule has 0 saturated carbocycles. The highest BCUT2D eigenvalue weighted by Gasteiger charge is 2.14. The van der Waals surface area contributed by atoms with Gasteiger partial charge in [-0.05, 0) is 17.7 Å². The zero-order valence-corrected chi connectivity index (χ0v) is 7.71. The van der Waals surface area contributed by atoms with Crippen molar-refractivity contribution in [3.63, 3.8) is 0 Å². The van der Waals surface area contributed by atoms with E-state index in [0.717, 1.165) is 17.0 Å². The molecule has 1 aromatic carbocycles. The number of amides is 1. The Kier molecular flexibility index (Phi) is 1.98. The van der Waals surface area contributed by atoms with Crippen LogP contribution >= 0.6 is 23.4 Å². The summed E-state index contributed by atoms with van der Waals surface area (Å²) in [6, 6.07) is 5.54. The van der Waals surface area contributed by atoms with Crippen LogP contribution in [-0.4, -0.2) is 5.24 Å². The van der Waals surface area contributed by atoms with Gasteiger partial charge in [0.1, 0.15) is 0 Å². The average molecular weight is 200 g/mol. The van der Waals surface area contributed by atoms with E-state index in [0.29, 0.717) is 5.02 Å². The summed E-state index contributed by atoms with van der Waals surface area (Å²) in [5, 5.41) is 3.38. The van der Waals surface area contributed by atoms with Crippen molar-refractivity contribution in [3.8, 4) is 0 Å². The summed E-state index contributed by atoms with van der Waals surface area (Å²) in [5.74, 6) is 0.734. The van der Waals surface area contributed by atoms with Gasteiger partial charge in [0.05, 0.1) is 0 Å². The van der Waals surface area contributed by atoms with E-state index in [-0.39, 0.29) is 5.24 Å². The normalized spacial score (nSPS) is 15.2. The van der Waals surface area contributed by atoms with E-state index in [1.165, 1.54) is 11.8 Å². The Morgan fingerprint density at radius 2 is 2.33 bits per heavy atom. The van der Waals surface area contributed by atoms with Crippen molar-refractivity contribution < 1.29 is 4.79 Å². The number of hydrogen-bond donors (Lipinski definition) is 1. The van der Waals surface area contributed by atoms with Crippen molar-refractivity contribution in [1.82, 2.24) is 0 Å². The van der Waals surface area contributed by atoms with Gasteiger partial charge in [-0.2, -0.15) is 0 Å². The third-order valence-corrected chi connectivity index (χ3v) is 2.72. The average Bonchev–Trinajstić information content (AvgIpc) is 2.03. The van der Waals surface area contributed by atoms with Gasteiger partial charge >= 0.3 is 0 Å². The van der Waals surface area contributed by atoms with Gasteiger partial charge in [0.2, 0.25) is 0 Å². The van der Waals surface area contributed by atoms with E-state index >= 15 is 0 Å². The van der Waals surface area contributed by atoms with E-state index in [1.54, 1.807) is 6.07 Å². The second-order valence-corrected chi connectivity index (χ2v) is 3.89. The van der Waals surface area contributed by atoms with Gasteiger partial charge in [-0.1, -0.05) is 29.4 Å². The molecule has 0 radical (unpaired) electrons. The van der Waals surface area contributed by atoms with Gasteiger partial charge in [0, 0.05) is 16.5 Å². The van der Waals surface area contributed by atoms with Crippen molar-refractivity contribution >= 4 is 34.3 Å². The number of carbonyl (C=O) groups is 1. The highest BCUT2D eigenvalue weighted by atomic mass is 35.5. The zero-order valence-electron chi connectivity index (χ0n) is 6.13. The summed E-state index contributed by atoms with van der Waals surface area (Å²) in [4.78, 5) is 10.9. The monoisotopic (exact) mass is 199 g/mol. The lowest BCUT2D eigenvalue weighted by Gasteiger charge is -2.15. The van der Waals surface area contributed by atoms with Gasteiger partial charge in [-0.3, -0.25) is 4.79 Å². The van der Waals surface area contributed by atoms with Gasteiger partial charge in [-0.15, -0.1) is 0 Å². The molecule has 1 amide bonds. The van der Waals surface area contributed by atoms with Crippen LogP contribution in [0.2, 0.25) is 5.02 Å². The second-order valence-electron chi connectivity index (χ2n) is 2.50. The number of fused-ring (bicyclic) bond motifs is 1. The molecule has 1 aliphatic heterocycles. The van der Waals surface area contributed by atoms with Crippen LogP contribution in [0.4, 0.5) is 10.5 Å². The molecule has 0 fully saturated rings. The first-order chi connectivity index (χ1) is 5.75. The second kappa shape index (κ2) is 2.99. The molecule has 0 aromatic heterocycles. The Balaban J connectivity index is 2.44. The van der Waals surface area contributed by atoms with Crippen molar-refractivity contribution in [2.45, 2.75) is 5.75 Å². The molecule has 0 unspecified atom stereocenters. The number of benzene rings is 1. The molecule has 1 heterocycles. The van der Waals surface area contributed by atoms with Gasteiger partial charge in [-0.25, -0.2) is 0 Å². The van der Waals surface area contributed by atoms with E-state index < -0.39 is 0 Å². The predicted octanol–water partition coefficient (Wildman–Crippen LogP) is 3.12. The Bertz CT molecular complexity index is 340. The predicted molar refractivity (Wildman–Crippen MR) is 51.8 cm³/mol. The molecular weight excluding hydrogens is 194 g/mol. The number of rotatable bonds is 0. The van der Waals surface area contributed by atoms with Gasteiger partial charge in [0.25, 0.3) is 5.24 Å². The lowest BCUT2D eigenvalue weighted by molar-refractivity contribution is 0.269. The number of anilines is 1. The number of hydrogen-bond acceptors (Lipinski definition) is 2. The van der Waals surface area contributed by atoms with Gasteiger partial charge < -0.3 is 5.32 Å². The molecule has 2 rings (SSSR count). The minimum Gasteiger partial charge on any atom is -0.317 e. The van der Waals surface area contributed by atoms with Crippen LogP contribution in [0.25, 0.3) is 0 Å². The summed E-state index contributed by atoms with van der Waals surface area (Å²) in [6.45, 7) is 0. The fourth-order valence-electron chi connectivity index (χ4n) is 1.08. The zero-order chi connectivity index (χ0) is 8.55. The topological polar surface area (TPSA) is 29.1 Å². The Labute approximate surface area is 79.3 Å². The van der Waals surface area contributed by atoms with Gasteiger partial charge in [0.15, 0.2) is 0 Å². The fourth-order valence-corrected chi connectivity index (χ4v) is 1.97. The van der Waals surface area contributed by atoms with E-state index in [9.17, 15) is 4.79 Å². The van der Waals surface area contributed by atoms with Crippen LogP contribution in [0, 0.1) is 0 Å². The summed E-state index contributed by atoms with van der Waals surface area (Å²) in [5.41, 5.74) is 1.97. The molecule has 12 heavy (non-hydrogen) atoms. The number of nitrogens with one attached hydrogen (secondary N) is 1. The van der Waals surface area contributed by atoms with Crippen LogP contribution in [0.5, 0.6) is 0 Å². The Morgan fingerprint density at radius 3 is 3.17 bits per heavy atom. The maximum atomic E-state index is 10.9. The smallest absolute Gasteiger partial charge is 0.283 e. The maximum Gasteiger partial charge on any atom is 0.283 e. The van der Waals surface area contributed by atoms with E-state index in [1.807, 2.05) is 12.1 Å². The highest BCUT2D eigenvalue weighted by Crippen LogP contribution is 2.30. The minimum atomic E-state index is -0.00948. The number of halogens is 1. The SMILES string of the molecule is O=C1Nc2cc(Cl)ccc2CS1. The van der Waals surface area contributed by atoms with Crippen molar-refractivity contribution in [1.29, 1.82) is 0 Å². The molecule has 0 spiro atoms. The first-order valence-corrected chi connectivity index (χ1v) is 4.84. The highest BCUT2D eigenvalue weighted by molar-refractivity contribution is 8.13. The molecule has 1 aliphatic rings. The molecular formula is C8H6ClNOS. The largest absolute Gasteiger partial charge is 0.317 e. The van der Waals surface area contributed by atoms with Crippen LogP contribution < -0.4 is 5.32 Å². The molecule has 2 nitrogen and oxygen atoms in total. The van der Waals surface area contributed by atoms with E-state index in [4.69, 9.17) is 11.6 Å². The first kappa shape index (κ1) is 7.95. The molecule has 0 saturated heterocycles. The molecule has 0 atom stereocenters.